The van der Waals surface area contributed by atoms with E-state index < -0.39 is 12.4 Å². The fraction of sp³-hybridized carbons (Fsp3) is 0.364. The lowest BCUT2D eigenvalue weighted by Crippen LogP contribution is -2.46. The monoisotopic (exact) mass is 416 g/mol. The van der Waals surface area contributed by atoms with Crippen molar-refractivity contribution < 1.29 is 19.7 Å². The largest absolute Gasteiger partial charge is 0.388 e. The van der Waals surface area contributed by atoms with E-state index >= 15 is 0 Å². The average Bonchev–Trinajstić information content (AvgIpc) is 3.15. The Hall–Kier alpha value is -2.03. The number of rotatable bonds is 6. The molecule has 7 heteroatoms. The van der Waals surface area contributed by atoms with Crippen molar-refractivity contribution in [1.29, 1.82) is 0 Å². The zero-order chi connectivity index (χ0) is 20.4. The SMILES string of the molecule is OC(O)c1ccc(N2CCN(CCC(O)c3csc4ccc(F)cc34)CC2)cc1. The van der Waals surface area contributed by atoms with E-state index in [9.17, 15) is 19.7 Å². The first-order valence-corrected chi connectivity index (χ1v) is 10.7. The molecular weight excluding hydrogens is 391 g/mol. The minimum Gasteiger partial charge on any atom is -0.388 e. The highest BCUT2D eigenvalue weighted by Crippen LogP contribution is 2.32. The van der Waals surface area contributed by atoms with Crippen molar-refractivity contribution in [3.63, 3.8) is 0 Å². The van der Waals surface area contributed by atoms with Crippen LogP contribution in [0, 0.1) is 5.82 Å². The average molecular weight is 417 g/mol. The Morgan fingerprint density at radius 1 is 0.966 bits per heavy atom. The maximum absolute atomic E-state index is 13.6. The van der Waals surface area contributed by atoms with Gasteiger partial charge in [0.1, 0.15) is 5.82 Å². The van der Waals surface area contributed by atoms with Crippen LogP contribution in [-0.4, -0.2) is 52.9 Å². The molecule has 1 aliphatic rings. The standard InChI is InChI=1S/C22H25FN2O3S/c23-16-3-6-21-18(13-16)19(14-29-21)20(26)7-8-24-9-11-25(12-10-24)17-4-1-15(2-5-17)22(27)28/h1-6,13-14,20,22,26-28H,7-12H2. The molecule has 3 N–H and O–H groups in total. The van der Waals surface area contributed by atoms with Gasteiger partial charge in [-0.1, -0.05) is 12.1 Å². The van der Waals surface area contributed by atoms with Crippen molar-refractivity contribution in [2.24, 2.45) is 0 Å². The van der Waals surface area contributed by atoms with Crippen molar-refractivity contribution in [1.82, 2.24) is 4.90 Å². The van der Waals surface area contributed by atoms with Crippen molar-refractivity contribution >= 4 is 27.1 Å². The summed E-state index contributed by atoms with van der Waals surface area (Å²) < 4.78 is 14.6. The highest BCUT2D eigenvalue weighted by Gasteiger charge is 2.20. The molecule has 1 aliphatic heterocycles. The number of hydrogen-bond acceptors (Lipinski definition) is 6. The second-order valence-electron chi connectivity index (χ2n) is 7.43. The Bertz CT molecular complexity index is 952. The van der Waals surface area contributed by atoms with Crippen LogP contribution >= 0.6 is 11.3 Å². The van der Waals surface area contributed by atoms with Crippen LogP contribution in [0.4, 0.5) is 10.1 Å². The third kappa shape index (κ3) is 4.60. The summed E-state index contributed by atoms with van der Waals surface area (Å²) >= 11 is 1.53. The zero-order valence-corrected chi connectivity index (χ0v) is 16.9. The van der Waals surface area contributed by atoms with Crippen molar-refractivity contribution in [2.45, 2.75) is 18.8 Å². The normalized spacial score (nSPS) is 16.7. The van der Waals surface area contributed by atoms with Gasteiger partial charge in [-0.25, -0.2) is 4.39 Å². The third-order valence-electron chi connectivity index (χ3n) is 5.57. The van der Waals surface area contributed by atoms with Crippen LogP contribution in [-0.2, 0) is 0 Å². The molecule has 1 aromatic heterocycles. The van der Waals surface area contributed by atoms with Gasteiger partial charge >= 0.3 is 0 Å². The van der Waals surface area contributed by atoms with Gasteiger partial charge in [-0.2, -0.15) is 0 Å². The minimum absolute atomic E-state index is 0.276. The van der Waals surface area contributed by atoms with Gasteiger partial charge < -0.3 is 20.2 Å². The summed E-state index contributed by atoms with van der Waals surface area (Å²) in [6.45, 7) is 4.34. The number of thiophene rings is 1. The molecule has 1 fully saturated rings. The summed E-state index contributed by atoms with van der Waals surface area (Å²) in [5, 5.41) is 31.8. The van der Waals surface area contributed by atoms with E-state index in [1.807, 2.05) is 17.5 Å². The molecule has 0 amide bonds. The minimum atomic E-state index is -1.44. The number of aliphatic hydroxyl groups is 3. The number of halogens is 1. The molecule has 0 aliphatic carbocycles. The van der Waals surface area contributed by atoms with E-state index in [-0.39, 0.29) is 5.82 Å². The second kappa shape index (κ2) is 8.77. The fourth-order valence-corrected chi connectivity index (χ4v) is 4.81. The van der Waals surface area contributed by atoms with Gasteiger partial charge in [0.15, 0.2) is 6.29 Å². The predicted molar refractivity (Wildman–Crippen MR) is 114 cm³/mol. The fourth-order valence-electron chi connectivity index (χ4n) is 3.83. The summed E-state index contributed by atoms with van der Waals surface area (Å²) in [7, 11) is 0. The molecule has 1 unspecified atom stereocenters. The number of hydrogen-bond donors (Lipinski definition) is 3. The topological polar surface area (TPSA) is 67.2 Å². The van der Waals surface area contributed by atoms with Crippen LogP contribution in [0.15, 0.2) is 47.8 Å². The van der Waals surface area contributed by atoms with Crippen LogP contribution in [0.1, 0.15) is 29.9 Å². The number of benzene rings is 2. The van der Waals surface area contributed by atoms with Crippen LogP contribution in [0.3, 0.4) is 0 Å². The molecule has 29 heavy (non-hydrogen) atoms. The van der Waals surface area contributed by atoms with Gasteiger partial charge in [-0.05, 0) is 47.7 Å². The number of nitrogens with zero attached hydrogens (tertiary/aromatic N) is 2. The molecule has 0 radical (unpaired) electrons. The van der Waals surface area contributed by atoms with Crippen LogP contribution < -0.4 is 4.90 Å². The van der Waals surface area contributed by atoms with E-state index in [1.165, 1.54) is 23.5 Å². The second-order valence-corrected chi connectivity index (χ2v) is 8.34. The molecule has 1 saturated heterocycles. The van der Waals surface area contributed by atoms with E-state index in [0.29, 0.717) is 12.0 Å². The Morgan fingerprint density at radius 2 is 1.69 bits per heavy atom. The van der Waals surface area contributed by atoms with Crippen molar-refractivity contribution in [2.75, 3.05) is 37.6 Å². The molecule has 2 aromatic carbocycles. The van der Waals surface area contributed by atoms with Gasteiger partial charge in [-0.15, -0.1) is 11.3 Å². The quantitative estimate of drug-likeness (QED) is 0.538. The van der Waals surface area contributed by atoms with Gasteiger partial charge in [-0.3, -0.25) is 4.90 Å². The van der Waals surface area contributed by atoms with E-state index in [0.717, 1.165) is 54.1 Å². The summed E-state index contributed by atoms with van der Waals surface area (Å²) in [6, 6.07) is 12.0. The van der Waals surface area contributed by atoms with Gasteiger partial charge in [0.2, 0.25) is 0 Å². The van der Waals surface area contributed by atoms with E-state index in [4.69, 9.17) is 0 Å². The van der Waals surface area contributed by atoms with Crippen molar-refractivity contribution in [3.05, 3.63) is 64.8 Å². The highest BCUT2D eigenvalue weighted by molar-refractivity contribution is 7.17. The molecule has 1 atom stereocenters. The van der Waals surface area contributed by atoms with Gasteiger partial charge in [0.05, 0.1) is 6.10 Å². The van der Waals surface area contributed by atoms with Gasteiger partial charge in [0, 0.05) is 54.1 Å². The first kappa shape index (κ1) is 20.3. The maximum Gasteiger partial charge on any atom is 0.178 e. The highest BCUT2D eigenvalue weighted by atomic mass is 32.1. The summed E-state index contributed by atoms with van der Waals surface area (Å²) in [5.41, 5.74) is 2.37. The predicted octanol–water partition coefficient (Wildman–Crippen LogP) is 3.27. The Labute approximate surface area is 173 Å². The lowest BCUT2D eigenvalue weighted by Gasteiger charge is -2.36. The first-order valence-electron chi connectivity index (χ1n) is 9.79. The Kier molecular flexibility index (Phi) is 6.12. The van der Waals surface area contributed by atoms with Gasteiger partial charge in [0.25, 0.3) is 0 Å². The first-order chi connectivity index (χ1) is 14.0. The molecule has 4 rings (SSSR count). The lowest BCUT2D eigenvalue weighted by molar-refractivity contribution is -0.0424. The summed E-state index contributed by atoms with van der Waals surface area (Å²) in [4.78, 5) is 4.61. The molecule has 2 heterocycles. The molecule has 0 saturated carbocycles. The Morgan fingerprint density at radius 3 is 2.38 bits per heavy atom. The summed E-state index contributed by atoms with van der Waals surface area (Å²) in [6.07, 6.45) is -1.42. The Balaban J connectivity index is 1.30. The number of anilines is 1. The number of piperazine rings is 1. The van der Waals surface area contributed by atoms with E-state index in [2.05, 4.69) is 9.80 Å². The van der Waals surface area contributed by atoms with Crippen molar-refractivity contribution in [3.8, 4) is 0 Å². The molecule has 5 nitrogen and oxygen atoms in total. The lowest BCUT2D eigenvalue weighted by atomic mass is 10.0. The zero-order valence-electron chi connectivity index (χ0n) is 16.0. The van der Waals surface area contributed by atoms with Crippen LogP contribution in [0.2, 0.25) is 0 Å². The number of aliphatic hydroxyl groups excluding tert-OH is 2. The smallest absolute Gasteiger partial charge is 0.178 e. The molecule has 0 bridgehead atoms. The number of fused-ring (bicyclic) bond motifs is 1. The summed E-state index contributed by atoms with van der Waals surface area (Å²) in [5.74, 6) is -0.276. The van der Waals surface area contributed by atoms with Crippen LogP contribution in [0.25, 0.3) is 10.1 Å². The maximum atomic E-state index is 13.6. The third-order valence-corrected chi connectivity index (χ3v) is 6.55. The molecule has 154 valence electrons. The molecule has 3 aromatic rings. The molecular formula is C22H25FN2O3S. The molecule has 0 spiro atoms. The van der Waals surface area contributed by atoms with Crippen LogP contribution in [0.5, 0.6) is 0 Å². The van der Waals surface area contributed by atoms with E-state index in [1.54, 1.807) is 18.2 Å².